The van der Waals surface area contributed by atoms with Crippen LogP contribution in [-0.4, -0.2) is 26.8 Å². The van der Waals surface area contributed by atoms with Gasteiger partial charge in [-0.15, -0.1) is 0 Å². The van der Waals surface area contributed by atoms with Gasteiger partial charge in [-0.25, -0.2) is 0 Å². The topological polar surface area (TPSA) is 21.3 Å². The molecule has 0 saturated carbocycles. The van der Waals surface area contributed by atoms with Gasteiger partial charge in [0.2, 0.25) is 0 Å². The molecule has 1 atom stereocenters. The lowest BCUT2D eigenvalue weighted by Gasteiger charge is -2.32. The second kappa shape index (κ2) is 9.17. The van der Waals surface area contributed by atoms with Crippen LogP contribution in [0.3, 0.4) is 0 Å². The summed E-state index contributed by atoms with van der Waals surface area (Å²) in [6.07, 6.45) is 6.40. The Morgan fingerprint density at radius 3 is 2.33 bits per heavy atom. The molecule has 2 nitrogen and oxygen atoms in total. The van der Waals surface area contributed by atoms with Crippen LogP contribution in [0.4, 0.5) is 0 Å². The monoisotopic (exact) mass is 215 g/mol. The van der Waals surface area contributed by atoms with Crippen LogP contribution in [-0.2, 0) is 4.74 Å². The third-order valence-corrected chi connectivity index (χ3v) is 3.34. The first-order chi connectivity index (χ1) is 7.24. The zero-order chi connectivity index (χ0) is 11.6. The Kier molecular flexibility index (Phi) is 9.12. The molecule has 15 heavy (non-hydrogen) atoms. The molecule has 0 radical (unpaired) electrons. The first-order valence-corrected chi connectivity index (χ1v) is 6.47. The fraction of sp³-hybridized carbons (Fsp3) is 1.00. The van der Waals surface area contributed by atoms with Crippen molar-refractivity contribution in [3.05, 3.63) is 0 Å². The number of ether oxygens (including phenoxy) is 1. The third-order valence-electron chi connectivity index (χ3n) is 3.34. The molecule has 2 heteroatoms. The Morgan fingerprint density at radius 1 is 1.13 bits per heavy atom. The van der Waals surface area contributed by atoms with Gasteiger partial charge in [0.1, 0.15) is 0 Å². The van der Waals surface area contributed by atoms with Crippen LogP contribution in [0, 0.1) is 5.41 Å². The molecule has 0 aliphatic carbocycles. The van der Waals surface area contributed by atoms with Gasteiger partial charge in [-0.2, -0.15) is 0 Å². The minimum absolute atomic E-state index is 0.458. The maximum atomic E-state index is 5.49. The second-order valence-electron chi connectivity index (χ2n) is 4.43. The van der Waals surface area contributed by atoms with Crippen molar-refractivity contribution in [3.8, 4) is 0 Å². The standard InChI is InChI=1S/C13H29NO/c1-5-8-9-13(6-2,12-14-4)10-11-15-7-3/h14H,5-12H2,1-4H3. The lowest BCUT2D eigenvalue weighted by atomic mass is 9.77. The first-order valence-electron chi connectivity index (χ1n) is 6.47. The van der Waals surface area contributed by atoms with Crippen LogP contribution < -0.4 is 5.32 Å². The molecule has 0 aliphatic heterocycles. The third kappa shape index (κ3) is 6.16. The number of hydrogen-bond acceptors (Lipinski definition) is 2. The summed E-state index contributed by atoms with van der Waals surface area (Å²) in [5, 5.41) is 3.34. The predicted molar refractivity (Wildman–Crippen MR) is 67.3 cm³/mol. The molecule has 0 rings (SSSR count). The fourth-order valence-corrected chi connectivity index (χ4v) is 2.14. The van der Waals surface area contributed by atoms with E-state index in [1.807, 2.05) is 0 Å². The molecule has 0 aromatic rings. The van der Waals surface area contributed by atoms with Gasteiger partial charge in [0.15, 0.2) is 0 Å². The van der Waals surface area contributed by atoms with Crippen LogP contribution in [0.5, 0.6) is 0 Å². The summed E-state index contributed by atoms with van der Waals surface area (Å²) in [4.78, 5) is 0. The van der Waals surface area contributed by atoms with E-state index >= 15 is 0 Å². The van der Waals surface area contributed by atoms with E-state index < -0.39 is 0 Å². The molecule has 0 heterocycles. The Bertz CT molecular complexity index is 138. The van der Waals surface area contributed by atoms with Gasteiger partial charge in [-0.3, -0.25) is 0 Å². The van der Waals surface area contributed by atoms with E-state index in [-0.39, 0.29) is 0 Å². The van der Waals surface area contributed by atoms with Crippen molar-refractivity contribution in [2.24, 2.45) is 5.41 Å². The highest BCUT2D eigenvalue weighted by atomic mass is 16.5. The van der Waals surface area contributed by atoms with Crippen molar-refractivity contribution in [2.75, 3.05) is 26.8 Å². The molecule has 0 aromatic heterocycles. The molecule has 0 saturated heterocycles. The van der Waals surface area contributed by atoms with E-state index in [1.54, 1.807) is 0 Å². The second-order valence-corrected chi connectivity index (χ2v) is 4.43. The molecule has 0 bridgehead atoms. The normalized spacial score (nSPS) is 15.2. The molecule has 0 fully saturated rings. The van der Waals surface area contributed by atoms with Gasteiger partial charge in [0, 0.05) is 19.8 Å². The molecule has 0 aromatic carbocycles. The van der Waals surface area contributed by atoms with Gasteiger partial charge >= 0.3 is 0 Å². The summed E-state index contributed by atoms with van der Waals surface area (Å²) in [5.74, 6) is 0. The van der Waals surface area contributed by atoms with E-state index in [4.69, 9.17) is 4.74 Å². The minimum atomic E-state index is 0.458. The van der Waals surface area contributed by atoms with Crippen LogP contribution in [0.15, 0.2) is 0 Å². The van der Waals surface area contributed by atoms with Crippen LogP contribution >= 0.6 is 0 Å². The van der Waals surface area contributed by atoms with E-state index in [2.05, 4.69) is 33.1 Å². The number of hydrogen-bond donors (Lipinski definition) is 1. The molecular formula is C13H29NO. The SMILES string of the molecule is CCCCC(CC)(CCOCC)CNC. The Labute approximate surface area is 95.8 Å². The Morgan fingerprint density at radius 2 is 1.87 bits per heavy atom. The quantitative estimate of drug-likeness (QED) is 0.565. The predicted octanol–water partition coefficient (Wildman–Crippen LogP) is 3.22. The van der Waals surface area contributed by atoms with Crippen molar-refractivity contribution in [2.45, 2.75) is 52.9 Å². The van der Waals surface area contributed by atoms with Crippen LogP contribution in [0.1, 0.15) is 52.9 Å². The minimum Gasteiger partial charge on any atom is -0.382 e. The first kappa shape index (κ1) is 14.9. The zero-order valence-corrected chi connectivity index (χ0v) is 11.1. The van der Waals surface area contributed by atoms with Crippen molar-refractivity contribution < 1.29 is 4.74 Å². The number of unbranched alkanes of at least 4 members (excludes halogenated alkanes) is 1. The van der Waals surface area contributed by atoms with Crippen molar-refractivity contribution >= 4 is 0 Å². The zero-order valence-electron chi connectivity index (χ0n) is 11.1. The lowest BCUT2D eigenvalue weighted by molar-refractivity contribution is 0.0936. The van der Waals surface area contributed by atoms with E-state index in [9.17, 15) is 0 Å². The highest BCUT2D eigenvalue weighted by Crippen LogP contribution is 2.32. The fourth-order valence-electron chi connectivity index (χ4n) is 2.14. The highest BCUT2D eigenvalue weighted by molar-refractivity contribution is 4.79. The Balaban J connectivity index is 4.09. The summed E-state index contributed by atoms with van der Waals surface area (Å²) < 4.78 is 5.49. The summed E-state index contributed by atoms with van der Waals surface area (Å²) in [6, 6.07) is 0. The summed E-state index contributed by atoms with van der Waals surface area (Å²) >= 11 is 0. The largest absolute Gasteiger partial charge is 0.382 e. The van der Waals surface area contributed by atoms with Crippen molar-refractivity contribution in [1.82, 2.24) is 5.32 Å². The van der Waals surface area contributed by atoms with Gasteiger partial charge in [-0.1, -0.05) is 26.7 Å². The maximum Gasteiger partial charge on any atom is 0.0471 e. The summed E-state index contributed by atoms with van der Waals surface area (Å²) in [5.41, 5.74) is 0.458. The lowest BCUT2D eigenvalue weighted by Crippen LogP contribution is -2.33. The van der Waals surface area contributed by atoms with Crippen molar-refractivity contribution in [1.29, 1.82) is 0 Å². The molecule has 92 valence electrons. The van der Waals surface area contributed by atoms with Gasteiger partial charge in [0.25, 0.3) is 0 Å². The van der Waals surface area contributed by atoms with E-state index in [1.165, 1.54) is 32.1 Å². The van der Waals surface area contributed by atoms with Gasteiger partial charge < -0.3 is 10.1 Å². The molecule has 1 N–H and O–H groups in total. The molecule has 0 spiro atoms. The van der Waals surface area contributed by atoms with E-state index in [0.29, 0.717) is 5.41 Å². The molecule has 0 amide bonds. The Hall–Kier alpha value is -0.0800. The van der Waals surface area contributed by atoms with Gasteiger partial charge in [0.05, 0.1) is 0 Å². The van der Waals surface area contributed by atoms with Crippen LogP contribution in [0.25, 0.3) is 0 Å². The molecular weight excluding hydrogens is 186 g/mol. The molecule has 0 aliphatic rings. The number of nitrogens with one attached hydrogen (secondary N) is 1. The average Bonchev–Trinajstić information content (AvgIpc) is 2.26. The van der Waals surface area contributed by atoms with Gasteiger partial charge in [-0.05, 0) is 38.6 Å². The van der Waals surface area contributed by atoms with Crippen molar-refractivity contribution in [3.63, 3.8) is 0 Å². The average molecular weight is 215 g/mol. The number of rotatable bonds is 10. The summed E-state index contributed by atoms with van der Waals surface area (Å²) in [6.45, 7) is 9.51. The highest BCUT2D eigenvalue weighted by Gasteiger charge is 2.26. The van der Waals surface area contributed by atoms with Crippen LogP contribution in [0.2, 0.25) is 0 Å². The smallest absolute Gasteiger partial charge is 0.0471 e. The summed E-state index contributed by atoms with van der Waals surface area (Å²) in [7, 11) is 2.05. The maximum absolute atomic E-state index is 5.49. The molecule has 1 unspecified atom stereocenters. The van der Waals surface area contributed by atoms with E-state index in [0.717, 1.165) is 19.8 Å².